The molecule has 0 aromatic carbocycles. The number of phosphoric ester groups is 1. The maximum Gasteiger partial charge on any atom is 0.472 e. The van der Waals surface area contributed by atoms with Crippen molar-refractivity contribution in [3.63, 3.8) is 0 Å². The van der Waals surface area contributed by atoms with Crippen LogP contribution in [0.4, 0.5) is 0 Å². The summed E-state index contributed by atoms with van der Waals surface area (Å²) in [6, 6.07) is 0. The number of phosphoric acid groups is 1. The van der Waals surface area contributed by atoms with E-state index in [2.05, 4.69) is 49.5 Å². The number of carbonyl (C=O) groups is 2. The molecule has 1 saturated carbocycles. The minimum atomic E-state index is -5.16. The number of rotatable bonds is 36. The van der Waals surface area contributed by atoms with E-state index in [1.165, 1.54) is 19.3 Å². The minimum Gasteiger partial charge on any atom is -0.462 e. The van der Waals surface area contributed by atoms with Crippen LogP contribution in [-0.2, 0) is 32.7 Å². The van der Waals surface area contributed by atoms with Crippen LogP contribution in [0.2, 0.25) is 0 Å². The van der Waals surface area contributed by atoms with Gasteiger partial charge >= 0.3 is 19.8 Å². The van der Waals surface area contributed by atoms with E-state index < -0.39 is 81.8 Å². The predicted molar refractivity (Wildman–Crippen MR) is 250 cm³/mol. The fraction of sp³-hybridized carbons (Fsp3) is 0.633. The van der Waals surface area contributed by atoms with Crippen molar-refractivity contribution in [3.8, 4) is 0 Å². The summed E-state index contributed by atoms with van der Waals surface area (Å²) < 4.78 is 33.4. The number of unbranched alkanes of at least 4 members (excludes halogenated alkanes) is 8. The third-order valence-electron chi connectivity index (χ3n) is 10.0. The quantitative estimate of drug-likeness (QED) is 0.0104. The summed E-state index contributed by atoms with van der Waals surface area (Å²) >= 11 is 0. The third kappa shape index (κ3) is 30.0. The van der Waals surface area contributed by atoms with Crippen molar-refractivity contribution >= 4 is 19.8 Å². The molecule has 364 valence electrons. The van der Waals surface area contributed by atoms with E-state index in [9.17, 15) is 49.7 Å². The molecule has 0 heterocycles. The number of carbonyl (C=O) groups excluding carboxylic acids is 2. The summed E-state index contributed by atoms with van der Waals surface area (Å²) in [6.45, 7) is 2.96. The summed E-state index contributed by atoms with van der Waals surface area (Å²) in [7, 11) is -5.16. The van der Waals surface area contributed by atoms with Crippen LogP contribution in [0, 0.1) is 0 Å². The molecule has 0 aliphatic heterocycles. The van der Waals surface area contributed by atoms with Crippen molar-refractivity contribution in [3.05, 3.63) is 97.2 Å². The van der Waals surface area contributed by atoms with Crippen LogP contribution in [-0.4, -0.2) is 110 Å². The zero-order chi connectivity index (χ0) is 47.3. The Morgan fingerprint density at radius 1 is 0.578 bits per heavy atom. The topological polar surface area (TPSA) is 230 Å². The summed E-state index contributed by atoms with van der Waals surface area (Å²) in [5, 5.41) is 60.0. The molecule has 0 saturated heterocycles. The van der Waals surface area contributed by atoms with Crippen LogP contribution in [0.5, 0.6) is 0 Å². The van der Waals surface area contributed by atoms with Gasteiger partial charge in [0.15, 0.2) is 6.10 Å². The highest BCUT2D eigenvalue weighted by Gasteiger charge is 2.51. The van der Waals surface area contributed by atoms with Crippen molar-refractivity contribution in [2.75, 3.05) is 13.2 Å². The molecule has 0 amide bonds. The van der Waals surface area contributed by atoms with Gasteiger partial charge in [0.05, 0.1) is 12.7 Å². The Bertz CT molecular complexity index is 1500. The zero-order valence-corrected chi connectivity index (χ0v) is 39.0. The van der Waals surface area contributed by atoms with Gasteiger partial charge in [-0.15, -0.1) is 0 Å². The van der Waals surface area contributed by atoms with E-state index in [1.807, 2.05) is 55.5 Å². The first kappa shape index (κ1) is 58.7. The van der Waals surface area contributed by atoms with Gasteiger partial charge in [0.25, 0.3) is 0 Å². The molecule has 4 unspecified atom stereocenters. The Hall–Kier alpha value is -3.27. The number of aliphatic hydroxyl groups excluding tert-OH is 6. The second-order valence-electron chi connectivity index (χ2n) is 15.7. The lowest BCUT2D eigenvalue weighted by Gasteiger charge is -2.41. The Balaban J connectivity index is 2.55. The maximum atomic E-state index is 12.8. The Morgan fingerprint density at radius 3 is 1.72 bits per heavy atom. The van der Waals surface area contributed by atoms with Crippen LogP contribution < -0.4 is 0 Å². The van der Waals surface area contributed by atoms with Gasteiger partial charge in [-0.25, -0.2) is 4.57 Å². The Morgan fingerprint density at radius 2 is 1.11 bits per heavy atom. The number of hydrogen-bond donors (Lipinski definition) is 7. The van der Waals surface area contributed by atoms with Crippen molar-refractivity contribution in [2.45, 2.75) is 185 Å². The standard InChI is InChI=1S/C49H79O14P/c1-3-5-7-8-9-10-11-12-13-14-15-16-17-18-19-22-25-28-32-36-42(51)60-38-41(39-61-64(58,59)63-49-47(56)45(54)44(53)46(55)48(49)57)62-43(52)37-33-29-26-23-20-21-24-27-31-35-40(50)34-30-6-4-2/h6,9-10,12-13,15-16,18-19,24-25,27-28,30-31,35,40-41,44-50,53-57H,3-5,7-8,11,14,17,20-23,26,29,32-34,36-39H2,1-2H3,(H,58,59)/b10-9-,13-12-,16-15-,19-18-,27-24+,28-25-,30-6+,35-31+/t40?,41-,44?,45-,46+,47-,48-,49?/m1/s1. The van der Waals surface area contributed by atoms with Crippen molar-refractivity contribution < 1.29 is 68.2 Å². The van der Waals surface area contributed by atoms with Gasteiger partial charge in [0.1, 0.15) is 43.2 Å². The molecule has 0 aromatic heterocycles. The first-order valence-corrected chi connectivity index (χ1v) is 24.6. The lowest BCUT2D eigenvalue weighted by molar-refractivity contribution is -0.220. The van der Waals surface area contributed by atoms with E-state index in [-0.39, 0.29) is 12.8 Å². The molecule has 0 spiro atoms. The largest absolute Gasteiger partial charge is 0.472 e. The molecule has 0 bridgehead atoms. The summed E-state index contributed by atoms with van der Waals surface area (Å²) in [6.07, 6.45) is 33.7. The van der Waals surface area contributed by atoms with Crippen molar-refractivity contribution in [1.29, 1.82) is 0 Å². The normalized spacial score (nSPS) is 23.0. The first-order valence-electron chi connectivity index (χ1n) is 23.1. The Kier molecular flexibility index (Phi) is 34.8. The molecule has 1 fully saturated rings. The SMILES string of the molecule is CC/C=C/CC(O)/C=C/C=C/CCCCCCCC(=O)O[C@H](COC(=O)CC/C=C\C/C=C\C/C=C\C/C=C\C/C=C\CCCCC)COP(=O)(O)OC1[C@H](O)[C@H](O)C(O)[C@H](O)[C@H]1O. The number of esters is 2. The van der Waals surface area contributed by atoms with Crippen LogP contribution in [0.1, 0.15) is 136 Å². The molecule has 15 heteroatoms. The van der Waals surface area contributed by atoms with E-state index in [0.717, 1.165) is 64.2 Å². The molecule has 1 rings (SSSR count). The fourth-order valence-electron chi connectivity index (χ4n) is 6.25. The summed E-state index contributed by atoms with van der Waals surface area (Å²) in [5.74, 6) is -1.26. The average Bonchev–Trinajstić information content (AvgIpc) is 3.27. The molecular formula is C49H79O14P. The van der Waals surface area contributed by atoms with Crippen LogP contribution >= 0.6 is 7.82 Å². The zero-order valence-electron chi connectivity index (χ0n) is 38.1. The Labute approximate surface area is 382 Å². The molecule has 64 heavy (non-hydrogen) atoms. The number of aliphatic hydroxyl groups is 6. The molecule has 0 radical (unpaired) electrons. The second kappa shape index (κ2) is 37.9. The predicted octanol–water partition coefficient (Wildman–Crippen LogP) is 8.02. The molecule has 9 atom stereocenters. The summed E-state index contributed by atoms with van der Waals surface area (Å²) in [5.41, 5.74) is 0. The van der Waals surface area contributed by atoms with Gasteiger partial charge in [-0.05, 0) is 77.0 Å². The number of hydrogen-bond acceptors (Lipinski definition) is 13. The first-order chi connectivity index (χ1) is 30.8. The summed E-state index contributed by atoms with van der Waals surface area (Å²) in [4.78, 5) is 35.7. The van der Waals surface area contributed by atoms with Crippen molar-refractivity contribution in [1.82, 2.24) is 0 Å². The van der Waals surface area contributed by atoms with Crippen LogP contribution in [0.15, 0.2) is 97.2 Å². The van der Waals surface area contributed by atoms with Crippen molar-refractivity contribution in [2.24, 2.45) is 0 Å². The molecule has 7 N–H and O–H groups in total. The van der Waals surface area contributed by atoms with Crippen LogP contribution in [0.25, 0.3) is 0 Å². The highest BCUT2D eigenvalue weighted by molar-refractivity contribution is 7.47. The monoisotopic (exact) mass is 923 g/mol. The molecule has 14 nitrogen and oxygen atoms in total. The molecule has 0 aromatic rings. The van der Waals surface area contributed by atoms with E-state index in [1.54, 1.807) is 6.08 Å². The van der Waals surface area contributed by atoms with E-state index >= 15 is 0 Å². The highest BCUT2D eigenvalue weighted by Crippen LogP contribution is 2.47. The minimum absolute atomic E-state index is 0.0226. The maximum absolute atomic E-state index is 12.8. The number of allylic oxidation sites excluding steroid dienone is 14. The molecule has 1 aliphatic carbocycles. The average molecular weight is 923 g/mol. The number of ether oxygens (including phenoxy) is 2. The van der Waals surface area contributed by atoms with Gasteiger partial charge < -0.3 is 45.0 Å². The van der Waals surface area contributed by atoms with E-state index in [4.69, 9.17) is 18.5 Å². The lowest BCUT2D eigenvalue weighted by Crippen LogP contribution is -2.64. The van der Waals surface area contributed by atoms with Crippen LogP contribution in [0.3, 0.4) is 0 Å². The van der Waals surface area contributed by atoms with Gasteiger partial charge in [-0.1, -0.05) is 143 Å². The van der Waals surface area contributed by atoms with E-state index in [0.29, 0.717) is 25.7 Å². The van der Waals surface area contributed by atoms with Gasteiger partial charge in [-0.2, -0.15) is 0 Å². The second-order valence-corrected chi connectivity index (χ2v) is 17.1. The highest BCUT2D eigenvalue weighted by atomic mass is 31.2. The van der Waals surface area contributed by atoms with Gasteiger partial charge in [0, 0.05) is 12.8 Å². The molecule has 1 aliphatic rings. The molecular weight excluding hydrogens is 843 g/mol. The van der Waals surface area contributed by atoms with Gasteiger partial charge in [0.2, 0.25) is 0 Å². The third-order valence-corrected chi connectivity index (χ3v) is 11.0. The van der Waals surface area contributed by atoms with Gasteiger partial charge in [-0.3, -0.25) is 18.6 Å². The lowest BCUT2D eigenvalue weighted by atomic mass is 9.85. The smallest absolute Gasteiger partial charge is 0.462 e. The fourth-order valence-corrected chi connectivity index (χ4v) is 7.22.